The third-order valence-electron chi connectivity index (χ3n) is 3.78. The zero-order chi connectivity index (χ0) is 19.7. The summed E-state index contributed by atoms with van der Waals surface area (Å²) in [4.78, 5) is 27.0. The average Bonchev–Trinajstić information content (AvgIpc) is 3.34. The summed E-state index contributed by atoms with van der Waals surface area (Å²) in [6, 6.07) is 8.44. The first kappa shape index (κ1) is 17.6. The van der Waals surface area contributed by atoms with Crippen LogP contribution in [0.2, 0.25) is 0 Å². The maximum atomic E-state index is 13.8. The summed E-state index contributed by atoms with van der Waals surface area (Å²) in [5.74, 6) is -1.00. The summed E-state index contributed by atoms with van der Waals surface area (Å²) in [5.41, 5.74) is 0.261. The lowest BCUT2D eigenvalue weighted by Crippen LogP contribution is -2.23. The molecule has 0 saturated carbocycles. The number of rotatable bonds is 5. The summed E-state index contributed by atoms with van der Waals surface area (Å²) in [7, 11) is 0. The fourth-order valence-corrected chi connectivity index (χ4v) is 3.01. The van der Waals surface area contributed by atoms with E-state index in [1.165, 1.54) is 24.3 Å². The number of carbonyl (C=O) groups excluding carboxylic acids is 1. The molecule has 12 heteroatoms. The number of benzene rings is 2. The van der Waals surface area contributed by atoms with Crippen molar-refractivity contribution in [1.82, 2.24) is 24.2 Å². The molecule has 1 N–H and O–H groups in total. The third-order valence-corrected chi connectivity index (χ3v) is 4.32. The maximum absolute atomic E-state index is 13.8. The van der Waals surface area contributed by atoms with Crippen LogP contribution >= 0.6 is 11.7 Å². The van der Waals surface area contributed by atoms with Gasteiger partial charge in [0.15, 0.2) is 11.3 Å². The first-order chi connectivity index (χ1) is 13.5. The molecule has 4 rings (SSSR count). The molecule has 0 atom stereocenters. The predicted molar refractivity (Wildman–Crippen MR) is 94.9 cm³/mol. The van der Waals surface area contributed by atoms with Crippen LogP contribution in [0.25, 0.3) is 22.5 Å². The second-order valence-corrected chi connectivity index (χ2v) is 6.09. The average molecular weight is 400 g/mol. The minimum atomic E-state index is -0.625. The number of nitrogens with zero attached hydrogens (tertiary/aromatic N) is 5. The Bertz CT molecular complexity index is 1210. The van der Waals surface area contributed by atoms with Gasteiger partial charge in [-0.3, -0.25) is 14.9 Å². The lowest BCUT2D eigenvalue weighted by molar-refractivity contribution is -0.383. The van der Waals surface area contributed by atoms with Crippen LogP contribution in [0.4, 0.5) is 10.1 Å². The Morgan fingerprint density at radius 1 is 1.29 bits per heavy atom. The van der Waals surface area contributed by atoms with Gasteiger partial charge in [0.2, 0.25) is 0 Å². The molecule has 140 valence electrons. The molecule has 0 unspecified atom stereocenters. The molecule has 0 fully saturated rings. The number of halogens is 1. The second kappa shape index (κ2) is 7.08. The third kappa shape index (κ3) is 3.27. The van der Waals surface area contributed by atoms with Crippen molar-refractivity contribution >= 4 is 34.4 Å². The summed E-state index contributed by atoms with van der Waals surface area (Å²) >= 11 is 0.818. The van der Waals surface area contributed by atoms with Gasteiger partial charge in [-0.05, 0) is 18.2 Å². The maximum Gasteiger partial charge on any atom is 0.299 e. The van der Waals surface area contributed by atoms with Crippen molar-refractivity contribution in [3.8, 4) is 11.5 Å². The molecule has 2 aromatic heterocycles. The number of nitro benzene ring substituents is 1. The molecule has 28 heavy (non-hydrogen) atoms. The number of hydrogen-bond acceptors (Lipinski definition) is 9. The number of fused-ring (bicyclic) bond motifs is 1. The van der Waals surface area contributed by atoms with Gasteiger partial charge >= 0.3 is 0 Å². The highest BCUT2D eigenvalue weighted by molar-refractivity contribution is 7.00. The van der Waals surface area contributed by atoms with E-state index in [1.54, 1.807) is 6.07 Å². The van der Waals surface area contributed by atoms with E-state index in [0.717, 1.165) is 17.8 Å². The molecule has 0 aliphatic heterocycles. The lowest BCUT2D eigenvalue weighted by atomic mass is 10.1. The van der Waals surface area contributed by atoms with Gasteiger partial charge in [-0.25, -0.2) is 4.39 Å². The molecule has 0 aliphatic carbocycles. The van der Waals surface area contributed by atoms with E-state index in [9.17, 15) is 19.3 Å². The van der Waals surface area contributed by atoms with E-state index in [2.05, 4.69) is 24.2 Å². The van der Waals surface area contributed by atoms with Gasteiger partial charge in [0.25, 0.3) is 17.5 Å². The minimum absolute atomic E-state index is 0.0204. The molecule has 0 aliphatic rings. The number of non-ortho nitro benzene ring substituents is 1. The molecule has 0 spiro atoms. The van der Waals surface area contributed by atoms with Crippen LogP contribution in [-0.2, 0) is 6.54 Å². The van der Waals surface area contributed by atoms with Crippen molar-refractivity contribution in [2.45, 2.75) is 6.54 Å². The van der Waals surface area contributed by atoms with Crippen LogP contribution in [0.3, 0.4) is 0 Å². The number of hydrogen-bond donors (Lipinski definition) is 1. The number of aromatic nitrogens is 4. The molecule has 2 aromatic carbocycles. The number of amides is 1. The van der Waals surface area contributed by atoms with Gasteiger partial charge in [-0.2, -0.15) is 13.7 Å². The molecular formula is C16H9FN6O4S. The molecule has 1 amide bonds. The van der Waals surface area contributed by atoms with Gasteiger partial charge in [-0.15, -0.1) is 0 Å². The van der Waals surface area contributed by atoms with Crippen LogP contribution in [0.1, 0.15) is 16.2 Å². The van der Waals surface area contributed by atoms with Crippen molar-refractivity contribution in [3.05, 3.63) is 63.7 Å². The largest absolute Gasteiger partial charge is 0.345 e. The zero-order valence-corrected chi connectivity index (χ0v) is 14.6. The van der Waals surface area contributed by atoms with Gasteiger partial charge in [0.05, 0.1) is 28.8 Å². The van der Waals surface area contributed by atoms with E-state index < -0.39 is 16.6 Å². The Morgan fingerprint density at radius 2 is 2.11 bits per heavy atom. The molecule has 0 radical (unpaired) electrons. The Balaban J connectivity index is 1.52. The number of nitrogens with one attached hydrogen (secondary N) is 1. The lowest BCUT2D eigenvalue weighted by Gasteiger charge is -2.02. The summed E-state index contributed by atoms with van der Waals surface area (Å²) < 4.78 is 26.6. The highest BCUT2D eigenvalue weighted by Crippen LogP contribution is 2.26. The van der Waals surface area contributed by atoms with E-state index in [4.69, 9.17) is 4.52 Å². The molecule has 2 heterocycles. The fourth-order valence-electron chi connectivity index (χ4n) is 2.47. The van der Waals surface area contributed by atoms with Gasteiger partial charge in [0.1, 0.15) is 11.3 Å². The number of nitro groups is 1. The highest BCUT2D eigenvalue weighted by atomic mass is 32.1. The first-order valence-corrected chi connectivity index (χ1v) is 8.52. The highest BCUT2D eigenvalue weighted by Gasteiger charge is 2.20. The zero-order valence-electron chi connectivity index (χ0n) is 13.8. The summed E-state index contributed by atoms with van der Waals surface area (Å²) in [6.45, 7) is -0.113. The minimum Gasteiger partial charge on any atom is -0.345 e. The van der Waals surface area contributed by atoms with E-state index >= 15 is 0 Å². The SMILES string of the molecule is O=C(NCc1noc(-c2ccccc2F)n1)c1cc([N+](=O)[O-])c2nsnc2c1. The van der Waals surface area contributed by atoms with E-state index in [1.807, 2.05) is 0 Å². The van der Waals surface area contributed by atoms with Crippen molar-refractivity contribution < 1.29 is 18.6 Å². The summed E-state index contributed by atoms with van der Waals surface area (Å²) in [5, 5.41) is 17.4. The van der Waals surface area contributed by atoms with Crippen molar-refractivity contribution in [1.29, 1.82) is 0 Å². The Morgan fingerprint density at radius 3 is 2.89 bits per heavy atom. The Hall–Kier alpha value is -3.80. The first-order valence-electron chi connectivity index (χ1n) is 7.79. The van der Waals surface area contributed by atoms with E-state index in [-0.39, 0.29) is 46.1 Å². The Labute approximate surface area is 159 Å². The monoisotopic (exact) mass is 400 g/mol. The van der Waals surface area contributed by atoms with Crippen LogP contribution < -0.4 is 5.32 Å². The van der Waals surface area contributed by atoms with Gasteiger partial charge in [0, 0.05) is 11.6 Å². The second-order valence-electron chi connectivity index (χ2n) is 5.56. The summed E-state index contributed by atoms with van der Waals surface area (Å²) in [6.07, 6.45) is 0. The quantitative estimate of drug-likeness (QED) is 0.399. The smallest absolute Gasteiger partial charge is 0.299 e. The van der Waals surface area contributed by atoms with Crippen LogP contribution in [0.5, 0.6) is 0 Å². The van der Waals surface area contributed by atoms with Crippen molar-refractivity contribution in [3.63, 3.8) is 0 Å². The van der Waals surface area contributed by atoms with E-state index in [0.29, 0.717) is 0 Å². The van der Waals surface area contributed by atoms with Crippen molar-refractivity contribution in [2.24, 2.45) is 0 Å². The molecule has 10 nitrogen and oxygen atoms in total. The topological polar surface area (TPSA) is 137 Å². The van der Waals surface area contributed by atoms with Gasteiger partial charge < -0.3 is 9.84 Å². The number of carbonyl (C=O) groups is 1. The van der Waals surface area contributed by atoms with Crippen LogP contribution in [0.15, 0.2) is 40.9 Å². The normalized spacial score (nSPS) is 10.9. The van der Waals surface area contributed by atoms with Crippen LogP contribution in [0, 0.1) is 15.9 Å². The molecular weight excluding hydrogens is 391 g/mol. The molecule has 4 aromatic rings. The van der Waals surface area contributed by atoms with Crippen molar-refractivity contribution in [2.75, 3.05) is 0 Å². The van der Waals surface area contributed by atoms with Gasteiger partial charge in [-0.1, -0.05) is 17.3 Å². The fraction of sp³-hybridized carbons (Fsp3) is 0.0625. The predicted octanol–water partition coefficient (Wildman–Crippen LogP) is 2.72. The van der Waals surface area contributed by atoms with Crippen LogP contribution in [-0.4, -0.2) is 29.7 Å². The molecule has 0 saturated heterocycles. The molecule has 0 bridgehead atoms. The Kier molecular flexibility index (Phi) is 4.45. The standard InChI is InChI=1S/C16H9FN6O4S/c17-10-4-2-1-3-9(10)16-19-13(20-27-16)7-18-15(24)8-5-11-14(22-28-21-11)12(6-8)23(25)26/h1-6H,7H2,(H,18,24).